The van der Waals surface area contributed by atoms with Gasteiger partial charge in [0.2, 0.25) is 0 Å². The number of ether oxygens (including phenoxy) is 1. The second-order valence-corrected chi connectivity index (χ2v) is 7.52. The van der Waals surface area contributed by atoms with E-state index in [1.165, 1.54) is 0 Å². The van der Waals surface area contributed by atoms with Crippen LogP contribution in [0.2, 0.25) is 0 Å². The highest BCUT2D eigenvalue weighted by Crippen LogP contribution is 2.42. The summed E-state index contributed by atoms with van der Waals surface area (Å²) in [6.07, 6.45) is 3.56. The van der Waals surface area contributed by atoms with Crippen molar-refractivity contribution in [1.82, 2.24) is 10.3 Å². The predicted molar refractivity (Wildman–Crippen MR) is 111 cm³/mol. The molecule has 0 radical (unpaired) electrons. The van der Waals surface area contributed by atoms with Crippen molar-refractivity contribution >= 4 is 28.6 Å². The first-order chi connectivity index (χ1) is 14.7. The van der Waals surface area contributed by atoms with Gasteiger partial charge in [0.1, 0.15) is 23.2 Å². The summed E-state index contributed by atoms with van der Waals surface area (Å²) in [5.74, 6) is 1.29. The molecule has 0 saturated carbocycles. The van der Waals surface area contributed by atoms with Crippen molar-refractivity contribution < 1.29 is 18.7 Å². The highest BCUT2D eigenvalue weighted by Gasteiger charge is 2.28. The fraction of sp³-hybridized carbons (Fsp3) is 0.318. The number of aromatic nitrogens is 1. The Morgan fingerprint density at radius 1 is 1.33 bits per heavy atom. The lowest BCUT2D eigenvalue weighted by molar-refractivity contribution is 0.179. The molecule has 2 aliphatic heterocycles. The second kappa shape index (κ2) is 7.53. The minimum absolute atomic E-state index is 0.0102. The van der Waals surface area contributed by atoms with E-state index in [9.17, 15) is 9.50 Å². The molecule has 30 heavy (non-hydrogen) atoms. The van der Waals surface area contributed by atoms with Crippen LogP contribution in [0.1, 0.15) is 23.3 Å². The van der Waals surface area contributed by atoms with Crippen LogP contribution < -0.4 is 10.1 Å². The fourth-order valence-corrected chi connectivity index (χ4v) is 4.12. The number of halogens is 1. The quantitative estimate of drug-likeness (QED) is 0.657. The molecule has 5 rings (SSSR count). The zero-order valence-corrected chi connectivity index (χ0v) is 16.4. The molecule has 2 N–H and O–H groups in total. The highest BCUT2D eigenvalue weighted by atomic mass is 19.1. The predicted octanol–water partition coefficient (Wildman–Crippen LogP) is 4.63. The van der Waals surface area contributed by atoms with E-state index in [1.54, 1.807) is 37.6 Å². The van der Waals surface area contributed by atoms with Crippen LogP contribution in [0.5, 0.6) is 11.5 Å². The maximum atomic E-state index is 14.4. The third-order valence-electron chi connectivity index (χ3n) is 5.73. The Morgan fingerprint density at radius 2 is 2.23 bits per heavy atom. The molecule has 8 heteroatoms. The maximum absolute atomic E-state index is 14.4. The first kappa shape index (κ1) is 18.7. The van der Waals surface area contributed by atoms with Crippen molar-refractivity contribution in [2.24, 2.45) is 16.1 Å². The first-order valence-corrected chi connectivity index (χ1v) is 9.90. The number of alkyl halides is 1. The Bertz CT molecular complexity index is 1170. The van der Waals surface area contributed by atoms with Crippen LogP contribution in [0.15, 0.2) is 45.1 Å². The van der Waals surface area contributed by atoms with Gasteiger partial charge in [0.25, 0.3) is 0 Å². The molecule has 1 fully saturated rings. The summed E-state index contributed by atoms with van der Waals surface area (Å²) in [4.78, 5) is 4.17. The van der Waals surface area contributed by atoms with Crippen molar-refractivity contribution in [3.05, 3.63) is 47.3 Å². The highest BCUT2D eigenvalue weighted by molar-refractivity contribution is 5.95. The standard InChI is InChI=1S/C22H21FN4O3/c1-29-18-5-4-14-20(28)19(10-17-13-3-2-7-25-22(13)27-26-17)30-21(14)15(18)9-12-6-8-24-11-16(12)23/h2-5,7,10,12,16,24,28H,6,8-9,11H2,1H3. The minimum Gasteiger partial charge on any atom is -0.504 e. The molecular weight excluding hydrogens is 387 g/mol. The van der Waals surface area contributed by atoms with Gasteiger partial charge >= 0.3 is 0 Å². The molecule has 4 heterocycles. The number of hydrogen-bond acceptors (Lipinski definition) is 7. The Kier molecular flexibility index (Phi) is 4.71. The van der Waals surface area contributed by atoms with Crippen molar-refractivity contribution in [2.75, 3.05) is 20.2 Å². The summed E-state index contributed by atoms with van der Waals surface area (Å²) in [7, 11) is 1.58. The zero-order valence-electron chi connectivity index (χ0n) is 16.4. The maximum Gasteiger partial charge on any atom is 0.183 e. The summed E-state index contributed by atoms with van der Waals surface area (Å²) >= 11 is 0. The number of aromatic hydroxyl groups is 1. The van der Waals surface area contributed by atoms with Gasteiger partial charge in [0.05, 0.1) is 12.5 Å². The van der Waals surface area contributed by atoms with Crippen LogP contribution in [0.4, 0.5) is 10.2 Å². The molecule has 0 amide bonds. The van der Waals surface area contributed by atoms with Crippen molar-refractivity contribution in [3.8, 4) is 11.5 Å². The van der Waals surface area contributed by atoms with Gasteiger partial charge in [-0.15, -0.1) is 10.2 Å². The minimum atomic E-state index is -0.938. The Labute approximate surface area is 172 Å². The average molecular weight is 408 g/mol. The summed E-state index contributed by atoms with van der Waals surface area (Å²) in [6.45, 7) is 1.13. The van der Waals surface area contributed by atoms with E-state index in [4.69, 9.17) is 9.15 Å². The summed E-state index contributed by atoms with van der Waals surface area (Å²) in [6, 6.07) is 7.20. The van der Waals surface area contributed by atoms with E-state index in [0.717, 1.165) is 24.1 Å². The normalized spacial score (nSPS) is 22.0. The van der Waals surface area contributed by atoms with Crippen LogP contribution in [0, 0.1) is 5.92 Å². The van der Waals surface area contributed by atoms with Gasteiger partial charge in [0, 0.05) is 29.9 Å². The van der Waals surface area contributed by atoms with Gasteiger partial charge in [-0.05, 0) is 49.6 Å². The van der Waals surface area contributed by atoms with Crippen molar-refractivity contribution in [3.63, 3.8) is 0 Å². The molecule has 3 aromatic rings. The third-order valence-corrected chi connectivity index (χ3v) is 5.73. The lowest BCUT2D eigenvalue weighted by Crippen LogP contribution is -2.38. The topological polar surface area (TPSA) is 92.2 Å². The van der Waals surface area contributed by atoms with E-state index in [-0.39, 0.29) is 17.4 Å². The van der Waals surface area contributed by atoms with E-state index in [0.29, 0.717) is 41.2 Å². The lowest BCUT2D eigenvalue weighted by atomic mass is 9.88. The number of benzene rings is 1. The number of azo groups is 1. The summed E-state index contributed by atoms with van der Waals surface area (Å²) < 4.78 is 26.0. The first-order valence-electron chi connectivity index (χ1n) is 9.90. The van der Waals surface area contributed by atoms with E-state index < -0.39 is 6.17 Å². The van der Waals surface area contributed by atoms with Gasteiger partial charge in [-0.3, -0.25) is 0 Å². The number of methoxy groups -OCH3 is 1. The SMILES string of the molecule is COc1ccc2c(O)c(C=C3N=Nc4ncccc43)oc2c1CC1CCNCC1F. The molecule has 7 nitrogen and oxygen atoms in total. The second-order valence-electron chi connectivity index (χ2n) is 7.52. The molecular formula is C22H21FN4O3. The van der Waals surface area contributed by atoms with Crippen molar-refractivity contribution in [2.45, 2.75) is 19.0 Å². The Hall–Kier alpha value is -3.26. The van der Waals surface area contributed by atoms with Crippen LogP contribution in [0.3, 0.4) is 0 Å². The molecule has 2 aromatic heterocycles. The van der Waals surface area contributed by atoms with Gasteiger partial charge in [-0.25, -0.2) is 9.37 Å². The molecule has 1 aromatic carbocycles. The number of fused-ring (bicyclic) bond motifs is 2. The molecule has 2 aliphatic rings. The Balaban J connectivity index is 1.58. The molecule has 2 atom stereocenters. The zero-order chi connectivity index (χ0) is 20.7. The fourth-order valence-electron chi connectivity index (χ4n) is 4.12. The number of hydrogen-bond donors (Lipinski definition) is 2. The van der Waals surface area contributed by atoms with E-state index >= 15 is 0 Å². The van der Waals surface area contributed by atoms with Crippen LogP contribution >= 0.6 is 0 Å². The number of rotatable bonds is 4. The van der Waals surface area contributed by atoms with Crippen molar-refractivity contribution in [1.29, 1.82) is 0 Å². The number of nitrogens with zero attached hydrogens (tertiary/aromatic N) is 3. The molecule has 0 bridgehead atoms. The number of nitrogens with one attached hydrogen (secondary N) is 1. The van der Waals surface area contributed by atoms with Gasteiger partial charge in [-0.2, -0.15) is 0 Å². The van der Waals surface area contributed by atoms with Crippen LogP contribution in [-0.2, 0) is 6.42 Å². The number of piperidine rings is 1. The summed E-state index contributed by atoms with van der Waals surface area (Å²) in [5.41, 5.74) is 2.60. The number of pyridine rings is 1. The van der Waals surface area contributed by atoms with E-state index in [2.05, 4.69) is 20.5 Å². The Morgan fingerprint density at radius 3 is 3.07 bits per heavy atom. The molecule has 0 aliphatic carbocycles. The molecule has 0 spiro atoms. The van der Waals surface area contributed by atoms with Crippen LogP contribution in [-0.4, -0.2) is 36.5 Å². The largest absolute Gasteiger partial charge is 0.504 e. The van der Waals surface area contributed by atoms with Crippen LogP contribution in [0.25, 0.3) is 22.7 Å². The lowest BCUT2D eigenvalue weighted by Gasteiger charge is -2.27. The number of furan rings is 1. The monoisotopic (exact) mass is 408 g/mol. The van der Waals surface area contributed by atoms with Gasteiger partial charge < -0.3 is 19.6 Å². The smallest absolute Gasteiger partial charge is 0.183 e. The average Bonchev–Trinajstić information content (AvgIpc) is 3.32. The van der Waals surface area contributed by atoms with E-state index in [1.807, 2.05) is 6.07 Å². The summed E-state index contributed by atoms with van der Waals surface area (Å²) in [5, 5.41) is 22.6. The molecule has 1 saturated heterocycles. The van der Waals surface area contributed by atoms with Gasteiger partial charge in [0.15, 0.2) is 17.3 Å². The van der Waals surface area contributed by atoms with Gasteiger partial charge in [-0.1, -0.05) is 0 Å². The molecule has 2 unspecified atom stereocenters. The molecule has 154 valence electrons. The third kappa shape index (κ3) is 3.13.